The van der Waals surface area contributed by atoms with Gasteiger partial charge in [0.05, 0.1) is 6.61 Å². The zero-order valence-corrected chi connectivity index (χ0v) is 11.9. The Morgan fingerprint density at radius 2 is 1.89 bits per heavy atom. The van der Waals surface area contributed by atoms with Crippen molar-refractivity contribution in [3.63, 3.8) is 0 Å². The second kappa shape index (κ2) is 6.60. The summed E-state index contributed by atoms with van der Waals surface area (Å²) < 4.78 is 5.82. The monoisotopic (exact) mass is 261 g/mol. The molecule has 0 saturated carbocycles. The van der Waals surface area contributed by atoms with Gasteiger partial charge in [-0.2, -0.15) is 0 Å². The number of carbonyl (C=O) groups is 1. The van der Waals surface area contributed by atoms with Crippen LogP contribution >= 0.6 is 0 Å². The molecule has 104 valence electrons. The first-order valence-electron chi connectivity index (χ1n) is 7.16. The highest BCUT2D eigenvalue weighted by atomic mass is 16.5. The summed E-state index contributed by atoms with van der Waals surface area (Å²) in [7, 11) is 0. The average molecular weight is 261 g/mol. The molecule has 0 radical (unpaired) electrons. The van der Waals surface area contributed by atoms with Crippen LogP contribution in [0.3, 0.4) is 0 Å². The van der Waals surface area contributed by atoms with Gasteiger partial charge < -0.3 is 9.64 Å². The predicted molar refractivity (Wildman–Crippen MR) is 76.3 cm³/mol. The minimum atomic E-state index is 0.276. The molecule has 1 aliphatic heterocycles. The smallest absolute Gasteiger partial charge is 0.222 e. The third kappa shape index (κ3) is 3.98. The number of piperidine rings is 1. The van der Waals surface area contributed by atoms with Crippen molar-refractivity contribution in [3.8, 4) is 5.75 Å². The van der Waals surface area contributed by atoms with Crippen molar-refractivity contribution in [1.29, 1.82) is 0 Å². The molecule has 3 heteroatoms. The Labute approximate surface area is 115 Å². The van der Waals surface area contributed by atoms with Gasteiger partial charge in [0.2, 0.25) is 5.91 Å². The summed E-state index contributed by atoms with van der Waals surface area (Å²) in [6, 6.07) is 8.17. The van der Waals surface area contributed by atoms with Crippen LogP contribution in [0.1, 0.15) is 31.7 Å². The number of benzene rings is 1. The van der Waals surface area contributed by atoms with E-state index in [2.05, 4.69) is 19.1 Å². The van der Waals surface area contributed by atoms with Gasteiger partial charge in [0.25, 0.3) is 0 Å². The first kappa shape index (κ1) is 13.9. The van der Waals surface area contributed by atoms with Gasteiger partial charge >= 0.3 is 0 Å². The molecule has 1 aromatic rings. The fourth-order valence-corrected chi connectivity index (χ4v) is 2.42. The fraction of sp³-hybridized carbons (Fsp3) is 0.562. The summed E-state index contributed by atoms with van der Waals surface area (Å²) in [6.07, 6.45) is 2.72. The van der Waals surface area contributed by atoms with E-state index in [4.69, 9.17) is 4.74 Å². The molecule has 1 amide bonds. The van der Waals surface area contributed by atoms with Crippen LogP contribution in [0.4, 0.5) is 0 Å². The van der Waals surface area contributed by atoms with Crippen LogP contribution in [0.25, 0.3) is 0 Å². The average Bonchev–Trinajstić information content (AvgIpc) is 2.46. The van der Waals surface area contributed by atoms with Gasteiger partial charge in [-0.05, 0) is 37.8 Å². The van der Waals surface area contributed by atoms with Gasteiger partial charge in [-0.1, -0.05) is 24.6 Å². The Hall–Kier alpha value is -1.51. The standard InChI is InChI=1S/C16H23NO2/c1-3-16(18)17-10-8-14(9-11-17)12-19-15-6-4-13(2)5-7-15/h4-7,14H,3,8-12H2,1-2H3. The summed E-state index contributed by atoms with van der Waals surface area (Å²) in [5.74, 6) is 1.79. The summed E-state index contributed by atoms with van der Waals surface area (Å²) in [5.41, 5.74) is 1.25. The number of ether oxygens (including phenoxy) is 1. The zero-order valence-electron chi connectivity index (χ0n) is 11.9. The normalized spacial score (nSPS) is 16.4. The van der Waals surface area contributed by atoms with E-state index in [1.165, 1.54) is 5.56 Å². The molecule has 1 saturated heterocycles. The van der Waals surface area contributed by atoms with Crippen LogP contribution in [0.15, 0.2) is 24.3 Å². The van der Waals surface area contributed by atoms with Crippen molar-refractivity contribution < 1.29 is 9.53 Å². The van der Waals surface area contributed by atoms with Crippen LogP contribution in [0.2, 0.25) is 0 Å². The molecule has 0 aliphatic carbocycles. The Morgan fingerprint density at radius 3 is 2.47 bits per heavy atom. The van der Waals surface area contributed by atoms with Crippen LogP contribution in [0.5, 0.6) is 5.75 Å². The van der Waals surface area contributed by atoms with Gasteiger partial charge in [-0.3, -0.25) is 4.79 Å². The maximum absolute atomic E-state index is 11.6. The Morgan fingerprint density at radius 1 is 1.26 bits per heavy atom. The first-order valence-corrected chi connectivity index (χ1v) is 7.16. The molecule has 19 heavy (non-hydrogen) atoms. The third-order valence-corrected chi connectivity index (χ3v) is 3.78. The number of hydrogen-bond donors (Lipinski definition) is 0. The van der Waals surface area contributed by atoms with Crippen molar-refractivity contribution in [2.24, 2.45) is 5.92 Å². The summed E-state index contributed by atoms with van der Waals surface area (Å²) in [4.78, 5) is 13.6. The van der Waals surface area contributed by atoms with E-state index < -0.39 is 0 Å². The lowest BCUT2D eigenvalue weighted by Gasteiger charge is -2.31. The highest BCUT2D eigenvalue weighted by molar-refractivity contribution is 5.75. The van der Waals surface area contributed by atoms with Crippen LogP contribution < -0.4 is 4.74 Å². The number of nitrogens with zero attached hydrogens (tertiary/aromatic N) is 1. The molecule has 0 atom stereocenters. The summed E-state index contributed by atoms with van der Waals surface area (Å²) in [5, 5.41) is 0. The molecule has 0 unspecified atom stereocenters. The van der Waals surface area contributed by atoms with E-state index in [0.29, 0.717) is 12.3 Å². The number of rotatable bonds is 4. The van der Waals surface area contributed by atoms with Crippen molar-refractivity contribution in [2.45, 2.75) is 33.1 Å². The first-order chi connectivity index (χ1) is 9.19. The number of carbonyl (C=O) groups excluding carboxylic acids is 1. The molecular formula is C16H23NO2. The lowest BCUT2D eigenvalue weighted by molar-refractivity contribution is -0.132. The molecule has 1 heterocycles. The second-order valence-corrected chi connectivity index (χ2v) is 5.30. The maximum Gasteiger partial charge on any atom is 0.222 e. The van der Waals surface area contributed by atoms with E-state index in [1.807, 2.05) is 24.0 Å². The quantitative estimate of drug-likeness (QED) is 0.833. The minimum absolute atomic E-state index is 0.276. The molecule has 1 aromatic carbocycles. The van der Waals surface area contributed by atoms with Crippen molar-refractivity contribution >= 4 is 5.91 Å². The van der Waals surface area contributed by atoms with Gasteiger partial charge in [-0.15, -0.1) is 0 Å². The molecule has 0 N–H and O–H groups in total. The SMILES string of the molecule is CCC(=O)N1CCC(COc2ccc(C)cc2)CC1. The van der Waals surface area contributed by atoms with E-state index in [-0.39, 0.29) is 5.91 Å². The Balaban J connectivity index is 1.74. The third-order valence-electron chi connectivity index (χ3n) is 3.78. The minimum Gasteiger partial charge on any atom is -0.493 e. The highest BCUT2D eigenvalue weighted by Crippen LogP contribution is 2.20. The Kier molecular flexibility index (Phi) is 4.83. The molecule has 0 bridgehead atoms. The molecule has 1 aliphatic rings. The lowest BCUT2D eigenvalue weighted by atomic mass is 9.97. The largest absolute Gasteiger partial charge is 0.493 e. The van der Waals surface area contributed by atoms with E-state index in [1.54, 1.807) is 0 Å². The van der Waals surface area contributed by atoms with Crippen LogP contribution in [0, 0.1) is 12.8 Å². The van der Waals surface area contributed by atoms with Crippen molar-refractivity contribution in [3.05, 3.63) is 29.8 Å². The summed E-state index contributed by atoms with van der Waals surface area (Å²) >= 11 is 0. The second-order valence-electron chi connectivity index (χ2n) is 5.30. The topological polar surface area (TPSA) is 29.5 Å². The van der Waals surface area contributed by atoms with Crippen molar-refractivity contribution in [1.82, 2.24) is 4.90 Å². The number of amides is 1. The number of aryl methyl sites for hydroxylation is 1. The fourth-order valence-electron chi connectivity index (χ4n) is 2.42. The Bertz CT molecular complexity index is 405. The molecule has 0 spiro atoms. The molecule has 3 nitrogen and oxygen atoms in total. The molecule has 1 fully saturated rings. The van der Waals surface area contributed by atoms with Gasteiger partial charge in [0.15, 0.2) is 0 Å². The zero-order chi connectivity index (χ0) is 13.7. The van der Waals surface area contributed by atoms with Crippen LogP contribution in [-0.2, 0) is 4.79 Å². The van der Waals surface area contributed by atoms with E-state index in [9.17, 15) is 4.79 Å². The van der Waals surface area contributed by atoms with Gasteiger partial charge in [0.1, 0.15) is 5.75 Å². The maximum atomic E-state index is 11.6. The molecule has 0 aromatic heterocycles. The van der Waals surface area contributed by atoms with Gasteiger partial charge in [0, 0.05) is 19.5 Å². The van der Waals surface area contributed by atoms with Crippen molar-refractivity contribution in [2.75, 3.05) is 19.7 Å². The highest BCUT2D eigenvalue weighted by Gasteiger charge is 2.22. The number of hydrogen-bond acceptors (Lipinski definition) is 2. The van der Waals surface area contributed by atoms with E-state index in [0.717, 1.165) is 38.3 Å². The number of likely N-dealkylation sites (tertiary alicyclic amines) is 1. The van der Waals surface area contributed by atoms with E-state index >= 15 is 0 Å². The lowest BCUT2D eigenvalue weighted by Crippen LogP contribution is -2.39. The molecule has 2 rings (SSSR count). The molecular weight excluding hydrogens is 238 g/mol. The summed E-state index contributed by atoms with van der Waals surface area (Å²) in [6.45, 7) is 6.53. The van der Waals surface area contributed by atoms with Crippen LogP contribution in [-0.4, -0.2) is 30.5 Å². The predicted octanol–water partition coefficient (Wildman–Crippen LogP) is 3.02. The van der Waals surface area contributed by atoms with Gasteiger partial charge in [-0.25, -0.2) is 0 Å².